The van der Waals surface area contributed by atoms with Gasteiger partial charge < -0.3 is 10.4 Å². The van der Waals surface area contributed by atoms with Crippen molar-refractivity contribution in [2.24, 2.45) is 0 Å². The first-order chi connectivity index (χ1) is 7.56. The molecule has 0 heterocycles. The lowest BCUT2D eigenvalue weighted by Crippen LogP contribution is -2.32. The van der Waals surface area contributed by atoms with Crippen LogP contribution >= 0.6 is 0 Å². The van der Waals surface area contributed by atoms with Crippen LogP contribution in [0.4, 0.5) is 5.69 Å². The lowest BCUT2D eigenvalue weighted by molar-refractivity contribution is -0.385. The molecule has 0 saturated carbocycles. The highest BCUT2D eigenvalue weighted by Gasteiger charge is 2.18. The van der Waals surface area contributed by atoms with Crippen molar-refractivity contribution < 1.29 is 10.0 Å². The van der Waals surface area contributed by atoms with Crippen molar-refractivity contribution in [3.8, 4) is 0 Å². The first-order valence-corrected chi connectivity index (χ1v) is 5.16. The summed E-state index contributed by atoms with van der Waals surface area (Å²) in [6, 6.07) is 6.36. The maximum atomic E-state index is 10.8. The van der Waals surface area contributed by atoms with Gasteiger partial charge in [0.2, 0.25) is 0 Å². The summed E-state index contributed by atoms with van der Waals surface area (Å²) in [5.74, 6) is 0. The summed E-state index contributed by atoms with van der Waals surface area (Å²) in [7, 11) is 0. The molecule has 0 aliphatic heterocycles. The van der Waals surface area contributed by atoms with Crippen molar-refractivity contribution >= 4 is 5.69 Å². The minimum Gasteiger partial charge on any atom is -0.395 e. The number of aliphatic hydroxyl groups excluding tert-OH is 1. The summed E-state index contributed by atoms with van der Waals surface area (Å²) in [6.07, 6.45) is 0. The van der Waals surface area contributed by atoms with Gasteiger partial charge in [-0.3, -0.25) is 10.1 Å². The van der Waals surface area contributed by atoms with Gasteiger partial charge in [-0.25, -0.2) is 0 Å². The molecule has 0 saturated heterocycles. The Morgan fingerprint density at radius 2 is 2.06 bits per heavy atom. The highest BCUT2D eigenvalue weighted by molar-refractivity contribution is 5.41. The van der Waals surface area contributed by atoms with Crippen LogP contribution in [-0.2, 0) is 0 Å². The molecule has 5 heteroatoms. The summed E-state index contributed by atoms with van der Waals surface area (Å²) in [4.78, 5) is 10.4. The molecular weight excluding hydrogens is 208 g/mol. The third-order valence-electron chi connectivity index (χ3n) is 2.41. The molecule has 88 valence electrons. The van der Waals surface area contributed by atoms with E-state index >= 15 is 0 Å². The van der Waals surface area contributed by atoms with Gasteiger partial charge in [0.05, 0.1) is 11.5 Å². The van der Waals surface area contributed by atoms with Crippen LogP contribution in [-0.4, -0.2) is 22.7 Å². The number of hydrogen-bond acceptors (Lipinski definition) is 4. The van der Waals surface area contributed by atoms with Gasteiger partial charge in [-0.1, -0.05) is 18.2 Å². The average Bonchev–Trinajstić information content (AvgIpc) is 2.28. The predicted octanol–water partition coefficient (Wildman–Crippen LogP) is 1.63. The number of nitro groups is 1. The lowest BCUT2D eigenvalue weighted by atomic mass is 10.1. The van der Waals surface area contributed by atoms with Crippen LogP contribution < -0.4 is 5.32 Å². The second-order valence-electron chi connectivity index (χ2n) is 3.79. The zero-order valence-corrected chi connectivity index (χ0v) is 9.38. The number of nitrogens with one attached hydrogen (secondary N) is 1. The highest BCUT2D eigenvalue weighted by atomic mass is 16.6. The van der Waals surface area contributed by atoms with Gasteiger partial charge in [0, 0.05) is 23.7 Å². The third-order valence-corrected chi connectivity index (χ3v) is 2.41. The van der Waals surface area contributed by atoms with Crippen LogP contribution in [0, 0.1) is 10.1 Å². The molecule has 0 amide bonds. The van der Waals surface area contributed by atoms with Crippen LogP contribution in [0.5, 0.6) is 0 Å². The fourth-order valence-electron chi connectivity index (χ4n) is 1.59. The monoisotopic (exact) mass is 224 g/mol. The van der Waals surface area contributed by atoms with E-state index in [-0.39, 0.29) is 24.4 Å². The number of aliphatic hydroxyl groups is 1. The number of para-hydroxylation sites is 1. The van der Waals surface area contributed by atoms with E-state index in [0.29, 0.717) is 5.56 Å². The molecule has 2 atom stereocenters. The van der Waals surface area contributed by atoms with Gasteiger partial charge in [0.25, 0.3) is 5.69 Å². The molecular formula is C11H16N2O3. The van der Waals surface area contributed by atoms with Crippen molar-refractivity contribution in [2.75, 3.05) is 6.61 Å². The molecule has 1 aromatic carbocycles. The van der Waals surface area contributed by atoms with Crippen molar-refractivity contribution in [3.05, 3.63) is 39.9 Å². The van der Waals surface area contributed by atoms with Crippen LogP contribution in [0.25, 0.3) is 0 Å². The topological polar surface area (TPSA) is 75.4 Å². The normalized spacial score (nSPS) is 14.4. The maximum absolute atomic E-state index is 10.8. The van der Waals surface area contributed by atoms with Crippen LogP contribution in [0.2, 0.25) is 0 Å². The summed E-state index contributed by atoms with van der Waals surface area (Å²) >= 11 is 0. The molecule has 0 aliphatic carbocycles. The fraction of sp³-hybridized carbons (Fsp3) is 0.455. The average molecular weight is 224 g/mol. The Bertz CT molecular complexity index is 368. The van der Waals surface area contributed by atoms with E-state index in [1.54, 1.807) is 18.2 Å². The Balaban J connectivity index is 2.90. The Morgan fingerprint density at radius 1 is 1.44 bits per heavy atom. The molecule has 0 fully saturated rings. The molecule has 2 N–H and O–H groups in total. The second kappa shape index (κ2) is 5.58. The molecule has 0 spiro atoms. The number of rotatable bonds is 5. The molecule has 0 radical (unpaired) electrons. The smallest absolute Gasteiger partial charge is 0.274 e. The summed E-state index contributed by atoms with van der Waals surface area (Å²) in [6.45, 7) is 3.67. The van der Waals surface area contributed by atoms with Crippen molar-refractivity contribution in [1.82, 2.24) is 5.32 Å². The largest absolute Gasteiger partial charge is 0.395 e. The quantitative estimate of drug-likeness (QED) is 0.588. The third kappa shape index (κ3) is 3.01. The highest BCUT2D eigenvalue weighted by Crippen LogP contribution is 2.24. The predicted molar refractivity (Wildman–Crippen MR) is 61.2 cm³/mol. The first kappa shape index (κ1) is 12.6. The number of benzene rings is 1. The molecule has 1 rings (SSSR count). The Kier molecular flexibility index (Phi) is 4.39. The van der Waals surface area contributed by atoms with E-state index in [1.165, 1.54) is 6.07 Å². The molecule has 1 unspecified atom stereocenters. The maximum Gasteiger partial charge on any atom is 0.274 e. The van der Waals surface area contributed by atoms with Gasteiger partial charge in [-0.2, -0.15) is 0 Å². The van der Waals surface area contributed by atoms with Crippen molar-refractivity contribution in [3.63, 3.8) is 0 Å². The minimum atomic E-state index is -0.392. The van der Waals surface area contributed by atoms with Crippen molar-refractivity contribution in [2.45, 2.75) is 25.9 Å². The van der Waals surface area contributed by atoms with Gasteiger partial charge in [-0.05, 0) is 13.8 Å². The van der Waals surface area contributed by atoms with Gasteiger partial charge >= 0.3 is 0 Å². The standard InChI is InChI=1S/C11H16N2O3/c1-8(7-14)12-9(2)10-5-3-4-6-11(10)13(15)16/h3-6,8-9,12,14H,7H2,1-2H3/t8-,9?/m0/s1. The number of nitro benzene ring substituents is 1. The van der Waals surface area contributed by atoms with E-state index < -0.39 is 4.92 Å². The molecule has 0 aromatic heterocycles. The van der Waals surface area contributed by atoms with E-state index in [9.17, 15) is 10.1 Å². The van der Waals surface area contributed by atoms with Crippen molar-refractivity contribution in [1.29, 1.82) is 0 Å². The van der Waals surface area contributed by atoms with E-state index in [1.807, 2.05) is 13.8 Å². The van der Waals surface area contributed by atoms with E-state index in [2.05, 4.69) is 5.32 Å². The van der Waals surface area contributed by atoms with Crippen LogP contribution in [0.3, 0.4) is 0 Å². The fourth-order valence-corrected chi connectivity index (χ4v) is 1.59. The molecule has 0 aliphatic rings. The lowest BCUT2D eigenvalue weighted by Gasteiger charge is -2.18. The zero-order chi connectivity index (χ0) is 12.1. The summed E-state index contributed by atoms with van der Waals surface area (Å²) < 4.78 is 0. The molecule has 16 heavy (non-hydrogen) atoms. The summed E-state index contributed by atoms with van der Waals surface area (Å²) in [5.41, 5.74) is 0.737. The SMILES string of the molecule is CC(N[C@@H](C)CO)c1ccccc1[N+](=O)[O-]. The number of nitrogens with zero attached hydrogens (tertiary/aromatic N) is 1. The minimum absolute atomic E-state index is 0.00493. The number of hydrogen-bond donors (Lipinski definition) is 2. The Hall–Kier alpha value is -1.46. The molecule has 5 nitrogen and oxygen atoms in total. The molecule has 1 aromatic rings. The molecule has 0 bridgehead atoms. The van der Waals surface area contributed by atoms with E-state index in [4.69, 9.17) is 5.11 Å². The first-order valence-electron chi connectivity index (χ1n) is 5.16. The second-order valence-corrected chi connectivity index (χ2v) is 3.79. The van der Waals surface area contributed by atoms with Gasteiger partial charge in [-0.15, -0.1) is 0 Å². The van der Waals surface area contributed by atoms with Crippen LogP contribution in [0.15, 0.2) is 24.3 Å². The van der Waals surface area contributed by atoms with E-state index in [0.717, 1.165) is 0 Å². The van der Waals surface area contributed by atoms with Gasteiger partial charge in [0.15, 0.2) is 0 Å². The summed E-state index contributed by atoms with van der Waals surface area (Å²) in [5, 5.41) is 22.8. The van der Waals surface area contributed by atoms with Crippen LogP contribution in [0.1, 0.15) is 25.5 Å². The Labute approximate surface area is 94.3 Å². The zero-order valence-electron chi connectivity index (χ0n) is 9.38. The van der Waals surface area contributed by atoms with Gasteiger partial charge in [0.1, 0.15) is 0 Å². The Morgan fingerprint density at radius 3 is 2.62 bits per heavy atom.